The Bertz CT molecular complexity index is 1720. The number of fused-ring (bicyclic) bond motifs is 2. The summed E-state index contributed by atoms with van der Waals surface area (Å²) in [7, 11) is 3.95. The lowest BCUT2D eigenvalue weighted by molar-refractivity contribution is 0.402. The predicted octanol–water partition coefficient (Wildman–Crippen LogP) is 5.57. The van der Waals surface area contributed by atoms with E-state index in [1.165, 1.54) is 12.1 Å². The molecule has 0 aliphatic rings. The zero-order valence-corrected chi connectivity index (χ0v) is 19.5. The number of imidazole rings is 1. The fourth-order valence-corrected chi connectivity index (χ4v) is 4.44. The molecule has 6 aromatic rings. The molecule has 36 heavy (non-hydrogen) atoms. The van der Waals surface area contributed by atoms with Crippen molar-refractivity contribution >= 4 is 22.1 Å². The van der Waals surface area contributed by atoms with E-state index in [0.717, 1.165) is 16.7 Å². The third kappa shape index (κ3) is 3.79. The lowest BCUT2D eigenvalue weighted by atomic mass is 10.0. The summed E-state index contributed by atoms with van der Waals surface area (Å²) in [5.41, 5.74) is 5.71. The topological polar surface area (TPSA) is 86.4 Å². The molecule has 0 saturated carbocycles. The SMILES string of the molecule is CN(C)Cc1cncc(-c2ccc3[nH]nc(-c4nc5c(-c6ccc(F)cc6)ccnc5[nH]4)c3c2F)c1. The summed E-state index contributed by atoms with van der Waals surface area (Å²) in [6.45, 7) is 0.698. The van der Waals surface area contributed by atoms with Crippen LogP contribution in [-0.2, 0) is 6.54 Å². The maximum Gasteiger partial charge on any atom is 0.161 e. The molecule has 6 rings (SSSR count). The van der Waals surface area contributed by atoms with Crippen LogP contribution in [0.15, 0.2) is 67.1 Å². The Morgan fingerprint density at radius 3 is 2.56 bits per heavy atom. The molecule has 0 fully saturated rings. The van der Waals surface area contributed by atoms with Gasteiger partial charge in [0, 0.05) is 41.8 Å². The van der Waals surface area contributed by atoms with Crippen LogP contribution in [-0.4, -0.2) is 49.1 Å². The van der Waals surface area contributed by atoms with Gasteiger partial charge in [-0.15, -0.1) is 0 Å². The molecule has 0 aliphatic heterocycles. The van der Waals surface area contributed by atoms with E-state index in [2.05, 4.69) is 25.1 Å². The minimum atomic E-state index is -0.410. The molecular formula is C27H21F2N7. The first kappa shape index (κ1) is 22.0. The third-order valence-corrected chi connectivity index (χ3v) is 6.04. The largest absolute Gasteiger partial charge is 0.321 e. The Hall–Kier alpha value is -4.50. The van der Waals surface area contributed by atoms with Crippen molar-refractivity contribution in [1.82, 2.24) is 35.0 Å². The molecule has 0 saturated heterocycles. The quantitative estimate of drug-likeness (QED) is 0.336. The van der Waals surface area contributed by atoms with E-state index in [4.69, 9.17) is 4.98 Å². The van der Waals surface area contributed by atoms with Crippen molar-refractivity contribution in [3.05, 3.63) is 84.3 Å². The molecule has 0 amide bonds. The standard InChI is InChI=1S/C27H21F2N7/c1-36(2)14-15-11-17(13-30-12-15)19-7-8-21-22(23(19)29)25(35-34-21)27-32-24-20(9-10-31-26(24)33-27)16-3-5-18(28)6-4-16/h3-13H,14H2,1-2H3,(H,34,35)(H,31,32,33). The smallest absolute Gasteiger partial charge is 0.161 e. The van der Waals surface area contributed by atoms with Crippen LogP contribution in [0.1, 0.15) is 5.56 Å². The van der Waals surface area contributed by atoms with Gasteiger partial charge in [-0.3, -0.25) is 10.1 Å². The average Bonchev–Trinajstić information content (AvgIpc) is 3.49. The van der Waals surface area contributed by atoms with Crippen LogP contribution in [0.3, 0.4) is 0 Å². The lowest BCUT2D eigenvalue weighted by Gasteiger charge is -2.11. The van der Waals surface area contributed by atoms with Gasteiger partial charge in [0.15, 0.2) is 11.5 Å². The molecule has 2 N–H and O–H groups in total. The summed E-state index contributed by atoms with van der Waals surface area (Å²) in [6, 6.07) is 13.5. The molecule has 4 aromatic heterocycles. The molecule has 0 spiro atoms. The number of aromatic nitrogens is 6. The van der Waals surface area contributed by atoms with Gasteiger partial charge < -0.3 is 9.88 Å². The monoisotopic (exact) mass is 481 g/mol. The first-order chi connectivity index (χ1) is 17.5. The second kappa shape index (κ2) is 8.62. The van der Waals surface area contributed by atoms with Gasteiger partial charge >= 0.3 is 0 Å². The van der Waals surface area contributed by atoms with Gasteiger partial charge in [-0.1, -0.05) is 12.1 Å². The summed E-state index contributed by atoms with van der Waals surface area (Å²) < 4.78 is 29.4. The number of hydrogen-bond donors (Lipinski definition) is 2. The molecule has 4 heterocycles. The Morgan fingerprint density at radius 1 is 0.917 bits per heavy atom. The summed E-state index contributed by atoms with van der Waals surface area (Å²) in [5.74, 6) is -0.343. The van der Waals surface area contributed by atoms with Crippen molar-refractivity contribution in [1.29, 1.82) is 0 Å². The highest BCUT2D eigenvalue weighted by molar-refractivity contribution is 5.98. The van der Waals surface area contributed by atoms with Gasteiger partial charge in [0.05, 0.1) is 10.9 Å². The van der Waals surface area contributed by atoms with Crippen molar-refractivity contribution in [2.45, 2.75) is 6.54 Å². The van der Waals surface area contributed by atoms with Crippen molar-refractivity contribution in [2.24, 2.45) is 0 Å². The van der Waals surface area contributed by atoms with Crippen molar-refractivity contribution < 1.29 is 8.78 Å². The van der Waals surface area contributed by atoms with Gasteiger partial charge in [-0.25, -0.2) is 18.7 Å². The first-order valence-electron chi connectivity index (χ1n) is 11.3. The van der Waals surface area contributed by atoms with Crippen LogP contribution in [0.2, 0.25) is 0 Å². The first-order valence-corrected chi connectivity index (χ1v) is 11.3. The van der Waals surface area contributed by atoms with Gasteiger partial charge in [0.1, 0.15) is 22.8 Å². The minimum absolute atomic E-state index is 0.316. The second-order valence-electron chi connectivity index (χ2n) is 8.89. The van der Waals surface area contributed by atoms with Crippen molar-refractivity contribution in [3.63, 3.8) is 0 Å². The highest BCUT2D eigenvalue weighted by atomic mass is 19.1. The zero-order chi connectivity index (χ0) is 24.8. The molecule has 7 nitrogen and oxygen atoms in total. The van der Waals surface area contributed by atoms with Gasteiger partial charge in [-0.2, -0.15) is 5.10 Å². The van der Waals surface area contributed by atoms with E-state index in [1.54, 1.807) is 42.9 Å². The minimum Gasteiger partial charge on any atom is -0.321 e. The maximum atomic E-state index is 16.0. The van der Waals surface area contributed by atoms with E-state index in [9.17, 15) is 4.39 Å². The molecule has 0 unspecified atom stereocenters. The molecule has 178 valence electrons. The highest BCUT2D eigenvalue weighted by Gasteiger charge is 2.21. The number of rotatable bonds is 5. The highest BCUT2D eigenvalue weighted by Crippen LogP contribution is 2.35. The van der Waals surface area contributed by atoms with Crippen LogP contribution in [0, 0.1) is 11.6 Å². The Morgan fingerprint density at radius 2 is 1.75 bits per heavy atom. The maximum absolute atomic E-state index is 16.0. The number of nitrogens with one attached hydrogen (secondary N) is 2. The van der Waals surface area contributed by atoms with E-state index in [-0.39, 0.29) is 5.82 Å². The lowest BCUT2D eigenvalue weighted by Crippen LogP contribution is -2.10. The molecule has 0 aliphatic carbocycles. The predicted molar refractivity (Wildman–Crippen MR) is 135 cm³/mol. The molecule has 0 atom stereocenters. The number of aromatic amines is 2. The number of benzene rings is 2. The van der Waals surface area contributed by atoms with Crippen LogP contribution in [0.5, 0.6) is 0 Å². The normalized spacial score (nSPS) is 11.7. The fourth-order valence-electron chi connectivity index (χ4n) is 4.44. The summed E-state index contributed by atoms with van der Waals surface area (Å²) >= 11 is 0. The number of hydrogen-bond acceptors (Lipinski definition) is 5. The van der Waals surface area contributed by atoms with E-state index in [1.807, 2.05) is 31.1 Å². The van der Waals surface area contributed by atoms with Crippen molar-refractivity contribution in [2.75, 3.05) is 14.1 Å². The molecule has 2 aromatic carbocycles. The number of H-pyrrole nitrogens is 2. The number of halogens is 2. The number of nitrogens with zero attached hydrogens (tertiary/aromatic N) is 5. The van der Waals surface area contributed by atoms with Gasteiger partial charge in [0.2, 0.25) is 0 Å². The second-order valence-corrected chi connectivity index (χ2v) is 8.89. The average molecular weight is 482 g/mol. The molecular weight excluding hydrogens is 460 g/mol. The Labute approximate surface area is 204 Å². The van der Waals surface area contributed by atoms with Crippen LogP contribution in [0.4, 0.5) is 8.78 Å². The molecule has 0 bridgehead atoms. The summed E-state index contributed by atoms with van der Waals surface area (Å²) in [5, 5.41) is 7.60. The van der Waals surface area contributed by atoms with Gasteiger partial charge in [0.25, 0.3) is 0 Å². The Kier molecular flexibility index (Phi) is 5.26. The fraction of sp³-hybridized carbons (Fsp3) is 0.111. The molecule has 0 radical (unpaired) electrons. The van der Waals surface area contributed by atoms with Crippen LogP contribution >= 0.6 is 0 Å². The summed E-state index contributed by atoms with van der Waals surface area (Å²) in [4.78, 5) is 18.6. The van der Waals surface area contributed by atoms with E-state index in [0.29, 0.717) is 51.3 Å². The van der Waals surface area contributed by atoms with Crippen LogP contribution in [0.25, 0.3) is 55.8 Å². The van der Waals surface area contributed by atoms with Crippen molar-refractivity contribution in [3.8, 4) is 33.8 Å². The number of pyridine rings is 2. The summed E-state index contributed by atoms with van der Waals surface area (Å²) in [6.07, 6.45) is 5.09. The van der Waals surface area contributed by atoms with Crippen LogP contribution < -0.4 is 0 Å². The van der Waals surface area contributed by atoms with Gasteiger partial charge in [-0.05, 0) is 61.6 Å². The van der Waals surface area contributed by atoms with E-state index >= 15 is 4.39 Å². The zero-order valence-electron chi connectivity index (χ0n) is 19.5. The molecule has 9 heteroatoms. The Balaban J connectivity index is 1.48. The van der Waals surface area contributed by atoms with E-state index < -0.39 is 5.82 Å². The third-order valence-electron chi connectivity index (χ3n) is 6.04.